The summed E-state index contributed by atoms with van der Waals surface area (Å²) in [6.07, 6.45) is 89.5. The van der Waals surface area contributed by atoms with E-state index in [0.29, 0.717) is 6.42 Å². The van der Waals surface area contributed by atoms with Gasteiger partial charge >= 0.3 is 0 Å². The molecule has 0 aliphatic carbocycles. The van der Waals surface area contributed by atoms with Crippen LogP contribution in [0.15, 0.2) is 158 Å². The highest BCUT2D eigenvalue weighted by molar-refractivity contribution is 5.76. The van der Waals surface area contributed by atoms with Crippen LogP contribution in [-0.4, -0.2) is 34.9 Å². The fraction of sp³-hybridized carbons (Fsp3) is 0.565. The minimum atomic E-state index is -0.881. The van der Waals surface area contributed by atoms with E-state index in [9.17, 15) is 15.0 Å². The Morgan fingerprint density at radius 1 is 0.379 bits per heavy atom. The average Bonchev–Trinajstić information content (AvgIpc) is 3.32. The SMILES string of the molecule is CC/C=C\C/C=C\C/C=C\C/C=C\C/C=C\C/C=C\C/C=C\C/C=C\C/C=C\C/C=C\C/C=C\CCCCCCCC(=O)NC(CO)C(O)/C=C/CC/C=C/CCCCCCCCCCC. The molecule has 3 N–H and O–H groups in total. The third kappa shape index (κ3) is 51.0. The molecule has 66 heavy (non-hydrogen) atoms. The van der Waals surface area contributed by atoms with Crippen molar-refractivity contribution in [2.75, 3.05) is 6.61 Å². The molecular weight excluding hydrogens is 807 g/mol. The molecule has 0 bridgehead atoms. The summed E-state index contributed by atoms with van der Waals surface area (Å²) in [5.74, 6) is -0.100. The van der Waals surface area contributed by atoms with Crippen LogP contribution in [0.3, 0.4) is 0 Å². The topological polar surface area (TPSA) is 69.6 Å². The van der Waals surface area contributed by atoms with Gasteiger partial charge in [0.2, 0.25) is 5.91 Å². The number of unbranched alkanes of at least 4 members (excludes halogenated alkanes) is 15. The summed E-state index contributed by atoms with van der Waals surface area (Å²) < 4.78 is 0. The van der Waals surface area contributed by atoms with Crippen LogP contribution in [0.25, 0.3) is 0 Å². The maximum atomic E-state index is 12.4. The lowest BCUT2D eigenvalue weighted by molar-refractivity contribution is -0.123. The summed E-state index contributed by atoms with van der Waals surface area (Å²) in [5.41, 5.74) is 0. The van der Waals surface area contributed by atoms with Crippen LogP contribution in [0.4, 0.5) is 0 Å². The van der Waals surface area contributed by atoms with Crippen LogP contribution < -0.4 is 5.32 Å². The largest absolute Gasteiger partial charge is 0.394 e. The van der Waals surface area contributed by atoms with Crippen molar-refractivity contribution < 1.29 is 15.0 Å². The van der Waals surface area contributed by atoms with Crippen molar-refractivity contribution in [3.05, 3.63) is 158 Å². The predicted octanol–water partition coefficient (Wildman–Crippen LogP) is 17.8. The van der Waals surface area contributed by atoms with Crippen molar-refractivity contribution in [1.82, 2.24) is 5.32 Å². The van der Waals surface area contributed by atoms with Gasteiger partial charge in [-0.2, -0.15) is 0 Å². The van der Waals surface area contributed by atoms with E-state index in [1.165, 1.54) is 70.6 Å². The quantitative estimate of drug-likeness (QED) is 0.0421. The molecule has 0 aromatic heterocycles. The van der Waals surface area contributed by atoms with Crippen molar-refractivity contribution >= 4 is 5.91 Å². The van der Waals surface area contributed by atoms with Gasteiger partial charge in [-0.25, -0.2) is 0 Å². The summed E-state index contributed by atoms with van der Waals surface area (Å²) in [7, 11) is 0. The van der Waals surface area contributed by atoms with E-state index in [0.717, 1.165) is 116 Å². The first-order valence-electron chi connectivity index (χ1n) is 26.7. The minimum Gasteiger partial charge on any atom is -0.394 e. The number of rotatable bonds is 46. The van der Waals surface area contributed by atoms with Crippen LogP contribution in [-0.2, 0) is 4.79 Å². The second-order valence-electron chi connectivity index (χ2n) is 17.2. The van der Waals surface area contributed by atoms with Crippen molar-refractivity contribution in [3.8, 4) is 0 Å². The highest BCUT2D eigenvalue weighted by Gasteiger charge is 2.17. The third-order valence-corrected chi connectivity index (χ3v) is 11.0. The molecule has 4 nitrogen and oxygen atoms in total. The van der Waals surface area contributed by atoms with Crippen molar-refractivity contribution in [3.63, 3.8) is 0 Å². The van der Waals surface area contributed by atoms with E-state index < -0.39 is 12.1 Å². The summed E-state index contributed by atoms with van der Waals surface area (Å²) in [6.45, 7) is 4.15. The Kier molecular flexibility index (Phi) is 52.0. The normalized spacial score (nSPS) is 14.2. The zero-order valence-corrected chi connectivity index (χ0v) is 42.4. The molecule has 0 radical (unpaired) electrons. The molecule has 2 unspecified atom stereocenters. The van der Waals surface area contributed by atoms with Crippen molar-refractivity contribution in [1.29, 1.82) is 0 Å². The van der Waals surface area contributed by atoms with Gasteiger partial charge in [-0.1, -0.05) is 242 Å². The first kappa shape index (κ1) is 62.0. The van der Waals surface area contributed by atoms with Gasteiger partial charge in [0.25, 0.3) is 0 Å². The molecule has 0 aromatic carbocycles. The average molecular weight is 906 g/mol. The highest BCUT2D eigenvalue weighted by atomic mass is 16.3. The van der Waals surface area contributed by atoms with Gasteiger partial charge < -0.3 is 15.5 Å². The van der Waals surface area contributed by atoms with E-state index >= 15 is 0 Å². The Balaban J connectivity index is 3.73. The monoisotopic (exact) mass is 906 g/mol. The fourth-order valence-electron chi connectivity index (χ4n) is 6.96. The molecule has 0 saturated carbocycles. The predicted molar refractivity (Wildman–Crippen MR) is 294 cm³/mol. The molecule has 1 amide bonds. The number of nitrogens with one attached hydrogen (secondary N) is 1. The highest BCUT2D eigenvalue weighted by Crippen LogP contribution is 2.12. The number of hydrogen-bond acceptors (Lipinski definition) is 3. The molecule has 0 heterocycles. The molecule has 2 atom stereocenters. The van der Waals surface area contributed by atoms with Crippen LogP contribution in [0.2, 0.25) is 0 Å². The Hall–Kier alpha value is -3.99. The van der Waals surface area contributed by atoms with E-state index in [4.69, 9.17) is 0 Å². The smallest absolute Gasteiger partial charge is 0.220 e. The van der Waals surface area contributed by atoms with E-state index in [1.807, 2.05) is 6.08 Å². The van der Waals surface area contributed by atoms with Gasteiger partial charge in [0.1, 0.15) is 0 Å². The molecule has 0 aromatic rings. The van der Waals surface area contributed by atoms with Gasteiger partial charge in [0.05, 0.1) is 18.8 Å². The molecule has 0 rings (SSSR count). The Morgan fingerprint density at radius 2 is 0.682 bits per heavy atom. The van der Waals surface area contributed by atoms with Gasteiger partial charge in [-0.05, 0) is 116 Å². The molecule has 370 valence electrons. The molecule has 0 saturated heterocycles. The number of aliphatic hydroxyl groups is 2. The molecule has 0 aliphatic heterocycles. The summed E-state index contributed by atoms with van der Waals surface area (Å²) in [4.78, 5) is 12.4. The number of amides is 1. The Bertz CT molecular complexity index is 1440. The third-order valence-electron chi connectivity index (χ3n) is 11.0. The number of allylic oxidation sites excluding steroid dienone is 25. The molecular formula is C62H99NO3. The number of carbonyl (C=O) groups is 1. The second-order valence-corrected chi connectivity index (χ2v) is 17.2. The van der Waals surface area contributed by atoms with E-state index in [-0.39, 0.29) is 12.5 Å². The lowest BCUT2D eigenvalue weighted by Crippen LogP contribution is -2.45. The molecule has 0 spiro atoms. The van der Waals surface area contributed by atoms with Gasteiger partial charge in [0.15, 0.2) is 0 Å². The lowest BCUT2D eigenvalue weighted by atomic mass is 10.1. The minimum absolute atomic E-state index is 0.100. The fourth-order valence-corrected chi connectivity index (χ4v) is 6.96. The maximum Gasteiger partial charge on any atom is 0.220 e. The second kappa shape index (κ2) is 55.3. The van der Waals surface area contributed by atoms with Gasteiger partial charge in [-0.3, -0.25) is 4.79 Å². The van der Waals surface area contributed by atoms with Crippen LogP contribution in [0, 0.1) is 0 Å². The van der Waals surface area contributed by atoms with Gasteiger partial charge in [-0.15, -0.1) is 0 Å². The number of hydrogen-bond donors (Lipinski definition) is 3. The maximum absolute atomic E-state index is 12.4. The first-order valence-corrected chi connectivity index (χ1v) is 26.7. The molecule has 0 fully saturated rings. The van der Waals surface area contributed by atoms with Crippen LogP contribution in [0.5, 0.6) is 0 Å². The lowest BCUT2D eigenvalue weighted by Gasteiger charge is -2.19. The summed E-state index contributed by atoms with van der Waals surface area (Å²) in [5, 5.41) is 23.0. The van der Waals surface area contributed by atoms with E-state index in [2.05, 4.69) is 165 Å². The standard InChI is InChI=1S/C62H99NO3/c1-3-5-7-9-11-13-15-17-19-20-21-22-23-24-25-26-27-28-29-30-31-32-33-34-35-36-37-38-39-40-41-42-44-46-48-50-52-54-56-58-62(66)63-60(59-64)61(65)57-55-53-51-49-47-45-43-18-16-14-12-10-8-6-4-2/h5,7,11,13,17,19,21-22,24-25,27-28,30-31,33-34,36-37,39-40,42,44,47,49,55,57,60-61,64-65H,3-4,6,8-10,12,14-16,18,20,23,26,29,32,35,38,41,43,45-46,48,50-54,56,58-59H2,1-2H3,(H,63,66)/b7-5-,13-11-,19-17-,22-21-,25-24-,28-27-,31-30-,34-33-,37-36-,40-39-,44-42-,49-47+,57-55+. The molecule has 0 aliphatic rings. The number of carbonyl (C=O) groups excluding carboxylic acids is 1. The van der Waals surface area contributed by atoms with Gasteiger partial charge in [0, 0.05) is 6.42 Å². The van der Waals surface area contributed by atoms with E-state index in [1.54, 1.807) is 6.08 Å². The summed E-state index contributed by atoms with van der Waals surface area (Å²) >= 11 is 0. The van der Waals surface area contributed by atoms with Crippen molar-refractivity contribution in [2.45, 2.75) is 219 Å². The van der Waals surface area contributed by atoms with Crippen LogP contribution >= 0.6 is 0 Å². The Morgan fingerprint density at radius 3 is 1.06 bits per heavy atom. The first-order chi connectivity index (χ1) is 32.7. The summed E-state index contributed by atoms with van der Waals surface area (Å²) in [6, 6.07) is -0.661. The zero-order chi connectivity index (χ0) is 47.7. The zero-order valence-electron chi connectivity index (χ0n) is 42.4. The number of aliphatic hydroxyl groups excluding tert-OH is 2. The molecule has 4 heteroatoms. The van der Waals surface area contributed by atoms with Crippen LogP contribution in [0.1, 0.15) is 206 Å². The Labute approximate surface area is 407 Å². The van der Waals surface area contributed by atoms with Crippen molar-refractivity contribution in [2.24, 2.45) is 0 Å².